The molecule has 5 aliphatic rings. The fraction of sp³-hybridized carbons (Fsp3) is 0.750. The first kappa shape index (κ1) is 21.2. The van der Waals surface area contributed by atoms with Gasteiger partial charge in [0.15, 0.2) is 23.0 Å². The standard InChI is InChI=1S/C24H30Cl2O4/c1-13(27)24-19(29-20(2,3)30-24)11-17-16-7-6-14-10-15(28)8-9-21(14,4)23(16,26)18(25)12-22(17,24)5/h8-10,16-19H,6-7,11-12H2,1-5H3/t16?,17?,18?,19-,21?,22?,23+,24-/m1/s1. The molecule has 4 aliphatic carbocycles. The zero-order valence-electron chi connectivity index (χ0n) is 18.3. The summed E-state index contributed by atoms with van der Waals surface area (Å²) in [6, 6.07) is 0. The van der Waals surface area contributed by atoms with E-state index >= 15 is 0 Å². The third-order valence-electron chi connectivity index (χ3n) is 9.11. The van der Waals surface area contributed by atoms with Crippen molar-refractivity contribution in [2.45, 2.75) is 88.0 Å². The van der Waals surface area contributed by atoms with E-state index in [0.717, 1.165) is 24.8 Å². The van der Waals surface area contributed by atoms with Crippen LogP contribution in [-0.2, 0) is 19.1 Å². The van der Waals surface area contributed by atoms with E-state index in [0.29, 0.717) is 6.42 Å². The molecule has 0 aromatic carbocycles. The highest BCUT2D eigenvalue weighted by Crippen LogP contribution is 2.73. The van der Waals surface area contributed by atoms with Gasteiger partial charge in [-0.2, -0.15) is 0 Å². The first-order valence-electron chi connectivity index (χ1n) is 11.0. The number of halogens is 2. The molecule has 8 atom stereocenters. The fourth-order valence-corrected chi connectivity index (χ4v) is 9.12. The molecule has 3 saturated carbocycles. The summed E-state index contributed by atoms with van der Waals surface area (Å²) in [5.74, 6) is -0.526. The molecular weight excluding hydrogens is 423 g/mol. The maximum Gasteiger partial charge on any atom is 0.178 e. The van der Waals surface area contributed by atoms with Crippen LogP contribution in [0.4, 0.5) is 0 Å². The van der Waals surface area contributed by atoms with Crippen molar-refractivity contribution in [3.8, 4) is 0 Å². The summed E-state index contributed by atoms with van der Waals surface area (Å²) in [5.41, 5.74) is -0.870. The lowest BCUT2D eigenvalue weighted by molar-refractivity contribution is -0.211. The lowest BCUT2D eigenvalue weighted by atomic mass is 9.46. The first-order chi connectivity index (χ1) is 13.8. The number of hydrogen-bond acceptors (Lipinski definition) is 4. The lowest BCUT2D eigenvalue weighted by Crippen LogP contribution is -2.68. The van der Waals surface area contributed by atoms with Crippen LogP contribution in [0.5, 0.6) is 0 Å². The Morgan fingerprint density at radius 3 is 2.57 bits per heavy atom. The van der Waals surface area contributed by atoms with Gasteiger partial charge in [0, 0.05) is 10.8 Å². The van der Waals surface area contributed by atoms with Gasteiger partial charge in [0.05, 0.1) is 16.4 Å². The average Bonchev–Trinajstić information content (AvgIpc) is 3.04. The number of rotatable bonds is 1. The number of fused-ring (bicyclic) bond motifs is 7. The topological polar surface area (TPSA) is 52.6 Å². The van der Waals surface area contributed by atoms with Crippen molar-refractivity contribution in [1.29, 1.82) is 0 Å². The summed E-state index contributed by atoms with van der Waals surface area (Å²) < 4.78 is 12.7. The number of Topliss-reactive ketones (excluding diaryl/α,β-unsaturated/α-hetero) is 1. The second-order valence-corrected chi connectivity index (χ2v) is 12.0. The van der Waals surface area contributed by atoms with Crippen molar-refractivity contribution in [3.63, 3.8) is 0 Å². The monoisotopic (exact) mass is 452 g/mol. The molecule has 0 aromatic rings. The van der Waals surface area contributed by atoms with Crippen LogP contribution in [0.3, 0.4) is 0 Å². The Morgan fingerprint density at radius 2 is 1.90 bits per heavy atom. The van der Waals surface area contributed by atoms with Crippen LogP contribution < -0.4 is 0 Å². The molecule has 1 aliphatic heterocycles. The molecule has 0 bridgehead atoms. The quantitative estimate of drug-likeness (QED) is 0.527. The molecule has 5 rings (SSSR count). The molecular formula is C24H30Cl2O4. The minimum Gasteiger partial charge on any atom is -0.344 e. The summed E-state index contributed by atoms with van der Waals surface area (Å²) in [6.45, 7) is 9.65. The van der Waals surface area contributed by atoms with E-state index in [1.165, 1.54) is 0 Å². The highest BCUT2D eigenvalue weighted by molar-refractivity contribution is 6.34. The second kappa shape index (κ2) is 6.01. The number of allylic oxidation sites excluding steroid dienone is 4. The van der Waals surface area contributed by atoms with E-state index in [-0.39, 0.29) is 34.9 Å². The first-order valence-corrected chi connectivity index (χ1v) is 11.8. The molecule has 4 nitrogen and oxygen atoms in total. The molecule has 5 unspecified atom stereocenters. The summed E-state index contributed by atoms with van der Waals surface area (Å²) in [5, 5.41) is -0.376. The fourth-order valence-electron chi connectivity index (χ4n) is 7.89. The Morgan fingerprint density at radius 1 is 1.20 bits per heavy atom. The van der Waals surface area contributed by atoms with Crippen molar-refractivity contribution in [3.05, 3.63) is 23.8 Å². The van der Waals surface area contributed by atoms with Gasteiger partial charge < -0.3 is 9.47 Å². The molecule has 0 radical (unpaired) electrons. The van der Waals surface area contributed by atoms with Crippen molar-refractivity contribution in [2.24, 2.45) is 22.7 Å². The van der Waals surface area contributed by atoms with Crippen molar-refractivity contribution >= 4 is 34.8 Å². The summed E-state index contributed by atoms with van der Waals surface area (Å²) >= 11 is 14.7. The van der Waals surface area contributed by atoms with Crippen LogP contribution in [0.2, 0.25) is 0 Å². The zero-order valence-corrected chi connectivity index (χ0v) is 19.8. The minimum absolute atomic E-state index is 0.0137. The van der Waals surface area contributed by atoms with Crippen molar-refractivity contribution in [2.75, 3.05) is 0 Å². The van der Waals surface area contributed by atoms with Gasteiger partial charge in [0.25, 0.3) is 0 Å². The van der Waals surface area contributed by atoms with E-state index < -0.39 is 27.1 Å². The van der Waals surface area contributed by atoms with E-state index in [1.807, 2.05) is 19.9 Å². The van der Waals surface area contributed by atoms with Crippen LogP contribution in [0, 0.1) is 22.7 Å². The predicted octanol–water partition coefficient (Wildman–Crippen LogP) is 4.96. The van der Waals surface area contributed by atoms with E-state index in [9.17, 15) is 9.59 Å². The highest BCUT2D eigenvalue weighted by Gasteiger charge is 2.78. The van der Waals surface area contributed by atoms with Crippen LogP contribution >= 0.6 is 23.2 Å². The molecule has 0 N–H and O–H groups in total. The van der Waals surface area contributed by atoms with Gasteiger partial charge in [-0.15, -0.1) is 23.2 Å². The van der Waals surface area contributed by atoms with Crippen LogP contribution in [0.15, 0.2) is 23.8 Å². The van der Waals surface area contributed by atoms with Gasteiger partial charge in [0.2, 0.25) is 0 Å². The minimum atomic E-state index is -0.998. The highest BCUT2D eigenvalue weighted by atomic mass is 35.5. The van der Waals surface area contributed by atoms with E-state index in [4.69, 9.17) is 32.7 Å². The largest absolute Gasteiger partial charge is 0.344 e. The van der Waals surface area contributed by atoms with E-state index in [1.54, 1.807) is 19.1 Å². The van der Waals surface area contributed by atoms with Crippen LogP contribution in [-0.4, -0.2) is 39.3 Å². The van der Waals surface area contributed by atoms with E-state index in [2.05, 4.69) is 13.8 Å². The molecule has 4 fully saturated rings. The third kappa shape index (κ3) is 2.22. The molecule has 30 heavy (non-hydrogen) atoms. The number of ether oxygens (including phenoxy) is 2. The molecule has 0 aromatic heterocycles. The van der Waals surface area contributed by atoms with Gasteiger partial charge in [-0.1, -0.05) is 25.5 Å². The third-order valence-corrected chi connectivity index (χ3v) is 10.7. The van der Waals surface area contributed by atoms with Gasteiger partial charge in [-0.3, -0.25) is 9.59 Å². The van der Waals surface area contributed by atoms with Crippen molar-refractivity contribution in [1.82, 2.24) is 0 Å². The van der Waals surface area contributed by atoms with Gasteiger partial charge >= 0.3 is 0 Å². The smallest absolute Gasteiger partial charge is 0.178 e. The number of hydrogen-bond donors (Lipinski definition) is 0. The van der Waals surface area contributed by atoms with Crippen LogP contribution in [0.25, 0.3) is 0 Å². The average molecular weight is 453 g/mol. The molecule has 0 amide bonds. The Labute approximate surface area is 188 Å². The maximum atomic E-state index is 13.1. The lowest BCUT2D eigenvalue weighted by Gasteiger charge is -2.64. The van der Waals surface area contributed by atoms with Crippen LogP contribution in [0.1, 0.15) is 60.3 Å². The number of ketones is 2. The molecule has 6 heteroatoms. The zero-order chi connectivity index (χ0) is 21.9. The molecule has 1 heterocycles. The number of carbonyl (C=O) groups is 2. The summed E-state index contributed by atoms with van der Waals surface area (Å²) in [6.07, 6.45) is 8.01. The normalized spacial score (nSPS) is 53.4. The van der Waals surface area contributed by atoms with Gasteiger partial charge in [0.1, 0.15) is 0 Å². The Kier molecular flexibility index (Phi) is 4.24. The molecule has 164 valence electrons. The summed E-state index contributed by atoms with van der Waals surface area (Å²) in [4.78, 5) is 24.4. The SMILES string of the molecule is CC(=O)[C@@]12OC(C)(C)O[C@@H]1CC1C3CCC4=CC(=O)C=CC4(C)[C@@]3(Cl)C(Cl)CC12C. The Bertz CT molecular complexity index is 909. The van der Waals surface area contributed by atoms with Gasteiger partial charge in [-0.25, -0.2) is 0 Å². The van der Waals surface area contributed by atoms with Gasteiger partial charge in [-0.05, 0) is 70.4 Å². The predicted molar refractivity (Wildman–Crippen MR) is 116 cm³/mol. The number of carbonyl (C=O) groups excluding carboxylic acids is 2. The second-order valence-electron chi connectivity index (χ2n) is 10.9. The summed E-state index contributed by atoms with van der Waals surface area (Å²) in [7, 11) is 0. The Balaban J connectivity index is 1.64. The Hall–Kier alpha value is -0.680. The number of alkyl halides is 2. The molecule has 0 spiro atoms. The maximum absolute atomic E-state index is 13.1. The molecule has 1 saturated heterocycles. The van der Waals surface area contributed by atoms with Crippen molar-refractivity contribution < 1.29 is 19.1 Å².